The van der Waals surface area contributed by atoms with Crippen molar-refractivity contribution in [1.29, 1.82) is 0 Å². The van der Waals surface area contributed by atoms with Crippen LogP contribution in [0.3, 0.4) is 0 Å². The third-order valence-corrected chi connectivity index (χ3v) is 2.46. The molecule has 2 atom stereocenters. The number of carbonyl (C=O) groups is 2. The number of carbonyl (C=O) groups excluding carboxylic acids is 1. The molecule has 0 fully saturated rings. The van der Waals surface area contributed by atoms with Gasteiger partial charge in [-0.2, -0.15) is 0 Å². The number of rotatable bonds is 5. The van der Waals surface area contributed by atoms with Crippen LogP contribution in [-0.4, -0.2) is 28.4 Å². The van der Waals surface area contributed by atoms with Gasteiger partial charge < -0.3 is 10.4 Å². The lowest BCUT2D eigenvalue weighted by molar-refractivity contribution is -0.141. The summed E-state index contributed by atoms with van der Waals surface area (Å²) in [5, 5.41) is 10.7. The number of aliphatic carboxylic acids is 1. The van der Waals surface area contributed by atoms with Gasteiger partial charge in [-0.25, -0.2) is 4.79 Å². The first-order chi connectivity index (χ1) is 8.00. The highest BCUT2D eigenvalue weighted by atomic mass is 35.5. The van der Waals surface area contributed by atoms with Gasteiger partial charge in [0.05, 0.1) is 0 Å². The number of nitrogens with one attached hydrogen (secondary N) is 1. The number of benzene rings is 1. The highest BCUT2D eigenvalue weighted by molar-refractivity contribution is 6.30. The fraction of sp³-hybridized carbons (Fsp3) is 0.333. The third kappa shape index (κ3) is 4.44. The molecule has 0 saturated heterocycles. The van der Waals surface area contributed by atoms with Gasteiger partial charge in [0.2, 0.25) is 5.91 Å². The van der Waals surface area contributed by atoms with Crippen LogP contribution in [0.5, 0.6) is 0 Å². The second-order valence-corrected chi connectivity index (χ2v) is 4.36. The van der Waals surface area contributed by atoms with Gasteiger partial charge in [0.15, 0.2) is 0 Å². The first-order valence-electron chi connectivity index (χ1n) is 5.22. The molecule has 1 aromatic carbocycles. The van der Waals surface area contributed by atoms with Gasteiger partial charge in [0.25, 0.3) is 0 Å². The van der Waals surface area contributed by atoms with Crippen molar-refractivity contribution in [3.63, 3.8) is 0 Å². The van der Waals surface area contributed by atoms with E-state index in [1.165, 1.54) is 6.92 Å². The van der Waals surface area contributed by atoms with Crippen LogP contribution in [0.2, 0.25) is 0 Å². The molecule has 1 rings (SSSR count). The lowest BCUT2D eigenvalue weighted by atomic mass is 10.1. The van der Waals surface area contributed by atoms with Crippen LogP contribution in [0, 0.1) is 0 Å². The molecule has 0 spiro atoms. The predicted octanol–water partition coefficient (Wildman–Crippen LogP) is 1.43. The topological polar surface area (TPSA) is 66.4 Å². The Labute approximate surface area is 105 Å². The monoisotopic (exact) mass is 255 g/mol. The van der Waals surface area contributed by atoms with E-state index in [0.717, 1.165) is 5.56 Å². The van der Waals surface area contributed by atoms with E-state index in [4.69, 9.17) is 16.7 Å². The Morgan fingerprint density at radius 2 is 1.94 bits per heavy atom. The Morgan fingerprint density at radius 1 is 1.35 bits per heavy atom. The Morgan fingerprint density at radius 3 is 2.41 bits per heavy atom. The number of carboxylic acid groups (broad SMARTS) is 1. The van der Waals surface area contributed by atoms with E-state index in [1.54, 1.807) is 0 Å². The summed E-state index contributed by atoms with van der Waals surface area (Å²) in [6, 6.07) is 8.16. The molecule has 0 bridgehead atoms. The molecule has 5 heteroatoms. The van der Waals surface area contributed by atoms with E-state index in [0.29, 0.717) is 0 Å². The summed E-state index contributed by atoms with van der Waals surface area (Å²) >= 11 is 5.58. The molecule has 4 nitrogen and oxygen atoms in total. The van der Waals surface area contributed by atoms with Crippen molar-refractivity contribution in [2.75, 3.05) is 0 Å². The molecule has 0 heterocycles. The van der Waals surface area contributed by atoms with Gasteiger partial charge in [0, 0.05) is 6.42 Å². The maximum atomic E-state index is 11.3. The van der Waals surface area contributed by atoms with E-state index >= 15 is 0 Å². The Hall–Kier alpha value is -1.55. The van der Waals surface area contributed by atoms with Crippen molar-refractivity contribution in [2.45, 2.75) is 24.8 Å². The van der Waals surface area contributed by atoms with Gasteiger partial charge in [-0.15, -0.1) is 11.6 Å². The largest absolute Gasteiger partial charge is 0.480 e. The minimum absolute atomic E-state index is 0.242. The van der Waals surface area contributed by atoms with Gasteiger partial charge in [-0.3, -0.25) is 4.79 Å². The zero-order chi connectivity index (χ0) is 12.8. The van der Waals surface area contributed by atoms with Gasteiger partial charge in [-0.1, -0.05) is 30.3 Å². The van der Waals surface area contributed by atoms with Gasteiger partial charge in [0.1, 0.15) is 11.4 Å². The fourth-order valence-electron chi connectivity index (χ4n) is 1.34. The maximum absolute atomic E-state index is 11.3. The molecule has 0 aromatic heterocycles. The Bertz CT molecular complexity index is 392. The molecule has 1 amide bonds. The molecule has 0 aliphatic rings. The molecule has 17 heavy (non-hydrogen) atoms. The molecule has 1 aromatic rings. The molecule has 1 unspecified atom stereocenters. The number of alkyl halides is 1. The van der Waals surface area contributed by atoms with Crippen molar-refractivity contribution in [2.24, 2.45) is 0 Å². The summed E-state index contributed by atoms with van der Waals surface area (Å²) in [6.45, 7) is 1.50. The van der Waals surface area contributed by atoms with Crippen LogP contribution in [0.25, 0.3) is 0 Å². The zero-order valence-corrected chi connectivity index (χ0v) is 10.1. The van der Waals surface area contributed by atoms with Crippen LogP contribution in [0.4, 0.5) is 0 Å². The van der Waals surface area contributed by atoms with Crippen LogP contribution >= 0.6 is 11.6 Å². The number of carboxylic acids is 1. The molecule has 2 N–H and O–H groups in total. The number of halogens is 1. The zero-order valence-electron chi connectivity index (χ0n) is 9.39. The second-order valence-electron chi connectivity index (χ2n) is 3.71. The average Bonchev–Trinajstić information content (AvgIpc) is 2.29. The minimum Gasteiger partial charge on any atom is -0.480 e. The lowest BCUT2D eigenvalue weighted by Crippen LogP contribution is -2.44. The molecule has 92 valence electrons. The summed E-state index contributed by atoms with van der Waals surface area (Å²) < 4.78 is 0. The SMILES string of the molecule is CC(Cl)C(=O)N[C@@H](Cc1ccccc1)C(=O)O. The molecule has 0 aliphatic heterocycles. The molecule has 0 aliphatic carbocycles. The smallest absolute Gasteiger partial charge is 0.326 e. The van der Waals surface area contributed by atoms with E-state index in [1.807, 2.05) is 30.3 Å². The van der Waals surface area contributed by atoms with Crippen molar-refractivity contribution in [1.82, 2.24) is 5.32 Å². The summed E-state index contributed by atoms with van der Waals surface area (Å²) in [7, 11) is 0. The number of hydrogen-bond acceptors (Lipinski definition) is 2. The van der Waals surface area contributed by atoms with Crippen LogP contribution in [0.15, 0.2) is 30.3 Å². The third-order valence-electron chi connectivity index (χ3n) is 2.26. The fourth-order valence-corrected chi connectivity index (χ4v) is 1.40. The Balaban J connectivity index is 2.68. The van der Waals surface area contributed by atoms with Crippen LogP contribution < -0.4 is 5.32 Å². The lowest BCUT2D eigenvalue weighted by Gasteiger charge is -2.15. The molecule has 0 radical (unpaired) electrons. The van der Waals surface area contributed by atoms with Crippen molar-refractivity contribution < 1.29 is 14.7 Å². The Kier molecular flexibility index (Phi) is 4.97. The van der Waals surface area contributed by atoms with E-state index < -0.39 is 23.3 Å². The van der Waals surface area contributed by atoms with E-state index in [-0.39, 0.29) is 6.42 Å². The number of amides is 1. The standard InChI is InChI=1S/C12H14ClNO3/c1-8(13)11(15)14-10(12(16)17)7-9-5-3-2-4-6-9/h2-6,8,10H,7H2,1H3,(H,14,15)(H,16,17)/t8?,10-/m0/s1. The summed E-state index contributed by atoms with van der Waals surface area (Å²) in [6.07, 6.45) is 0.242. The average molecular weight is 256 g/mol. The molecule has 0 saturated carbocycles. The summed E-state index contributed by atoms with van der Waals surface area (Å²) in [5.74, 6) is -1.55. The summed E-state index contributed by atoms with van der Waals surface area (Å²) in [5.41, 5.74) is 0.849. The first-order valence-corrected chi connectivity index (χ1v) is 5.65. The summed E-state index contributed by atoms with van der Waals surface area (Å²) in [4.78, 5) is 22.3. The van der Waals surface area contributed by atoms with Crippen LogP contribution in [-0.2, 0) is 16.0 Å². The first kappa shape index (κ1) is 13.5. The second kappa shape index (κ2) is 6.25. The maximum Gasteiger partial charge on any atom is 0.326 e. The number of hydrogen-bond donors (Lipinski definition) is 2. The highest BCUT2D eigenvalue weighted by Crippen LogP contribution is 2.04. The highest BCUT2D eigenvalue weighted by Gasteiger charge is 2.22. The van der Waals surface area contributed by atoms with Gasteiger partial charge in [-0.05, 0) is 12.5 Å². The van der Waals surface area contributed by atoms with E-state index in [2.05, 4.69) is 5.32 Å². The van der Waals surface area contributed by atoms with Crippen molar-refractivity contribution in [3.8, 4) is 0 Å². The minimum atomic E-state index is -1.07. The normalized spacial score (nSPS) is 13.8. The van der Waals surface area contributed by atoms with Gasteiger partial charge >= 0.3 is 5.97 Å². The molecular weight excluding hydrogens is 242 g/mol. The quantitative estimate of drug-likeness (QED) is 0.782. The van der Waals surface area contributed by atoms with Crippen molar-refractivity contribution >= 4 is 23.5 Å². The van der Waals surface area contributed by atoms with Crippen molar-refractivity contribution in [3.05, 3.63) is 35.9 Å². The molecular formula is C12H14ClNO3. The van der Waals surface area contributed by atoms with Crippen LogP contribution in [0.1, 0.15) is 12.5 Å². The predicted molar refractivity (Wildman–Crippen MR) is 65.0 cm³/mol. The van der Waals surface area contributed by atoms with E-state index in [9.17, 15) is 9.59 Å².